The van der Waals surface area contributed by atoms with Crippen LogP contribution >= 0.6 is 0 Å². The Kier molecular flexibility index (Phi) is 4.65. The van der Waals surface area contributed by atoms with Gasteiger partial charge in [-0.1, -0.05) is 42.0 Å². The molecule has 1 aliphatic carbocycles. The van der Waals surface area contributed by atoms with Crippen LogP contribution in [0.3, 0.4) is 0 Å². The molecule has 4 amide bonds. The largest absolute Gasteiger partial charge is 0.350 e. The number of rotatable bonds is 4. The standard InChI is InChI=1S/C23H25N3O3/c1-14-10-15(2)18(16(3)11-14)12-24-20(27)13-26-21(28)23(25-22(26)29)9-8-17-6-4-5-7-19(17)23/h4-7,10-11H,8-9,12-13H2,1-3H3,(H,24,27)(H,25,29). The van der Waals surface area contributed by atoms with Gasteiger partial charge in [0.2, 0.25) is 5.91 Å². The maximum Gasteiger partial charge on any atom is 0.325 e. The highest BCUT2D eigenvalue weighted by molar-refractivity contribution is 6.09. The molecule has 1 aliphatic heterocycles. The van der Waals surface area contributed by atoms with Gasteiger partial charge in [-0.3, -0.25) is 14.5 Å². The maximum atomic E-state index is 13.1. The van der Waals surface area contributed by atoms with Gasteiger partial charge in [0.05, 0.1) is 0 Å². The average molecular weight is 391 g/mol. The van der Waals surface area contributed by atoms with E-state index in [4.69, 9.17) is 0 Å². The average Bonchev–Trinajstić information content (AvgIpc) is 3.14. The molecule has 150 valence electrons. The number of fused-ring (bicyclic) bond motifs is 2. The molecule has 0 bridgehead atoms. The van der Waals surface area contributed by atoms with Crippen molar-refractivity contribution in [3.63, 3.8) is 0 Å². The summed E-state index contributed by atoms with van der Waals surface area (Å²) in [6.07, 6.45) is 1.25. The van der Waals surface area contributed by atoms with E-state index >= 15 is 0 Å². The summed E-state index contributed by atoms with van der Waals surface area (Å²) in [7, 11) is 0. The number of urea groups is 1. The summed E-state index contributed by atoms with van der Waals surface area (Å²) in [6, 6.07) is 11.3. The van der Waals surface area contributed by atoms with Gasteiger partial charge in [0.1, 0.15) is 12.1 Å². The van der Waals surface area contributed by atoms with Gasteiger partial charge in [-0.2, -0.15) is 0 Å². The SMILES string of the molecule is Cc1cc(C)c(CNC(=O)CN2C(=O)NC3(CCc4ccccc43)C2=O)c(C)c1. The van der Waals surface area contributed by atoms with E-state index in [0.717, 1.165) is 39.1 Å². The molecule has 1 atom stereocenters. The second kappa shape index (κ2) is 7.03. The first kappa shape index (κ1) is 19.2. The Morgan fingerprint density at radius 3 is 2.55 bits per heavy atom. The van der Waals surface area contributed by atoms with E-state index in [1.54, 1.807) is 0 Å². The van der Waals surface area contributed by atoms with Crippen LogP contribution in [-0.2, 0) is 28.1 Å². The number of hydrogen-bond donors (Lipinski definition) is 2. The van der Waals surface area contributed by atoms with Crippen LogP contribution in [0.1, 0.15) is 39.8 Å². The van der Waals surface area contributed by atoms with Crippen LogP contribution in [-0.4, -0.2) is 29.3 Å². The fraction of sp³-hybridized carbons (Fsp3) is 0.348. The van der Waals surface area contributed by atoms with E-state index in [0.29, 0.717) is 13.0 Å². The second-order valence-electron chi connectivity index (χ2n) is 8.04. The maximum absolute atomic E-state index is 13.1. The van der Waals surface area contributed by atoms with Crippen molar-refractivity contribution in [1.82, 2.24) is 15.5 Å². The Morgan fingerprint density at radius 2 is 1.83 bits per heavy atom. The van der Waals surface area contributed by atoms with Gasteiger partial charge in [0, 0.05) is 6.54 Å². The molecule has 2 aromatic rings. The van der Waals surface area contributed by atoms with Gasteiger partial charge in [-0.05, 0) is 61.4 Å². The van der Waals surface area contributed by atoms with Crippen LogP contribution in [0, 0.1) is 20.8 Å². The predicted molar refractivity (Wildman–Crippen MR) is 109 cm³/mol. The molecule has 2 aliphatic rings. The third kappa shape index (κ3) is 3.18. The topological polar surface area (TPSA) is 78.5 Å². The number of nitrogens with one attached hydrogen (secondary N) is 2. The van der Waals surface area contributed by atoms with Crippen molar-refractivity contribution in [3.8, 4) is 0 Å². The zero-order chi connectivity index (χ0) is 20.8. The summed E-state index contributed by atoms with van der Waals surface area (Å²) in [5.74, 6) is -0.693. The molecule has 2 aromatic carbocycles. The second-order valence-corrected chi connectivity index (χ2v) is 8.04. The Bertz CT molecular complexity index is 1010. The molecule has 1 heterocycles. The molecule has 6 nitrogen and oxygen atoms in total. The van der Waals surface area contributed by atoms with Crippen LogP contribution in [0.4, 0.5) is 4.79 Å². The van der Waals surface area contributed by atoms with E-state index in [9.17, 15) is 14.4 Å². The quantitative estimate of drug-likeness (QED) is 0.787. The molecule has 0 aromatic heterocycles. The van der Waals surface area contributed by atoms with Crippen LogP contribution < -0.4 is 10.6 Å². The van der Waals surface area contributed by atoms with Crippen molar-refractivity contribution in [3.05, 3.63) is 69.8 Å². The molecule has 29 heavy (non-hydrogen) atoms. The molecule has 6 heteroatoms. The Labute approximate surface area is 170 Å². The number of imide groups is 1. The lowest BCUT2D eigenvalue weighted by Crippen LogP contribution is -2.43. The molecule has 4 rings (SSSR count). The zero-order valence-electron chi connectivity index (χ0n) is 17.0. The van der Waals surface area contributed by atoms with E-state index in [2.05, 4.69) is 22.8 Å². The number of aryl methyl sites for hydroxylation is 4. The monoisotopic (exact) mass is 391 g/mol. The van der Waals surface area contributed by atoms with E-state index in [1.807, 2.05) is 45.0 Å². The predicted octanol–water partition coefficient (Wildman–Crippen LogP) is 2.62. The highest BCUT2D eigenvalue weighted by Gasteiger charge is 2.55. The lowest BCUT2D eigenvalue weighted by molar-refractivity contribution is -0.135. The number of nitrogens with zero attached hydrogens (tertiary/aromatic N) is 1. The van der Waals surface area contributed by atoms with Crippen LogP contribution in [0.25, 0.3) is 0 Å². The number of hydrogen-bond acceptors (Lipinski definition) is 3. The van der Waals surface area contributed by atoms with Crippen LogP contribution in [0.15, 0.2) is 36.4 Å². The fourth-order valence-corrected chi connectivity index (χ4v) is 4.61. The number of amides is 4. The van der Waals surface area contributed by atoms with Gasteiger partial charge >= 0.3 is 6.03 Å². The first-order valence-corrected chi connectivity index (χ1v) is 9.88. The van der Waals surface area contributed by atoms with Crippen molar-refractivity contribution in [2.75, 3.05) is 6.54 Å². The Hall–Kier alpha value is -3.15. The zero-order valence-corrected chi connectivity index (χ0v) is 17.0. The molecule has 1 unspecified atom stereocenters. The minimum Gasteiger partial charge on any atom is -0.350 e. The van der Waals surface area contributed by atoms with Crippen molar-refractivity contribution in [1.29, 1.82) is 0 Å². The molecule has 0 radical (unpaired) electrons. The van der Waals surface area contributed by atoms with Crippen molar-refractivity contribution in [2.24, 2.45) is 0 Å². The normalized spacial score (nSPS) is 20.2. The summed E-state index contributed by atoms with van der Waals surface area (Å²) < 4.78 is 0. The van der Waals surface area contributed by atoms with E-state index in [-0.39, 0.29) is 18.4 Å². The molecule has 2 N–H and O–H groups in total. The summed E-state index contributed by atoms with van der Waals surface area (Å²) in [6.45, 7) is 6.16. The summed E-state index contributed by atoms with van der Waals surface area (Å²) in [5.41, 5.74) is 5.33. The third-order valence-corrected chi connectivity index (χ3v) is 6.03. The minimum absolute atomic E-state index is 0.279. The highest BCUT2D eigenvalue weighted by atomic mass is 16.2. The summed E-state index contributed by atoms with van der Waals surface area (Å²) >= 11 is 0. The molecule has 1 spiro atoms. The van der Waals surface area contributed by atoms with Crippen molar-refractivity contribution >= 4 is 17.8 Å². The highest BCUT2D eigenvalue weighted by Crippen LogP contribution is 2.41. The van der Waals surface area contributed by atoms with Gasteiger partial charge in [-0.15, -0.1) is 0 Å². The number of carbonyl (C=O) groups is 3. The van der Waals surface area contributed by atoms with Crippen LogP contribution in [0.5, 0.6) is 0 Å². The van der Waals surface area contributed by atoms with E-state index < -0.39 is 11.6 Å². The minimum atomic E-state index is -1.03. The van der Waals surface area contributed by atoms with Crippen molar-refractivity contribution < 1.29 is 14.4 Å². The Balaban J connectivity index is 1.46. The lowest BCUT2D eigenvalue weighted by Gasteiger charge is -2.22. The number of benzene rings is 2. The summed E-state index contributed by atoms with van der Waals surface area (Å²) in [4.78, 5) is 39.2. The summed E-state index contributed by atoms with van der Waals surface area (Å²) in [5, 5.41) is 5.70. The van der Waals surface area contributed by atoms with Gasteiger partial charge in [0.25, 0.3) is 5.91 Å². The number of carbonyl (C=O) groups excluding carboxylic acids is 3. The third-order valence-electron chi connectivity index (χ3n) is 6.03. The molecular formula is C23H25N3O3. The van der Waals surface area contributed by atoms with Gasteiger partial charge < -0.3 is 10.6 Å². The first-order chi connectivity index (χ1) is 13.8. The van der Waals surface area contributed by atoms with Gasteiger partial charge in [-0.25, -0.2) is 4.79 Å². The molecule has 0 saturated carbocycles. The van der Waals surface area contributed by atoms with E-state index in [1.165, 1.54) is 5.56 Å². The van der Waals surface area contributed by atoms with Gasteiger partial charge in [0.15, 0.2) is 0 Å². The molecule has 1 saturated heterocycles. The molecular weight excluding hydrogens is 366 g/mol. The molecule has 1 fully saturated rings. The fourth-order valence-electron chi connectivity index (χ4n) is 4.61. The smallest absolute Gasteiger partial charge is 0.325 e. The Morgan fingerprint density at radius 1 is 1.14 bits per heavy atom. The van der Waals surface area contributed by atoms with Crippen molar-refractivity contribution in [2.45, 2.75) is 45.7 Å². The first-order valence-electron chi connectivity index (χ1n) is 9.88. The lowest BCUT2D eigenvalue weighted by atomic mass is 9.92. The van der Waals surface area contributed by atoms with Crippen LogP contribution in [0.2, 0.25) is 0 Å².